The van der Waals surface area contributed by atoms with Crippen LogP contribution < -0.4 is 5.73 Å². The third-order valence-electron chi connectivity index (χ3n) is 3.22. The molecule has 1 aliphatic heterocycles. The minimum Gasteiger partial charge on any atom is -0.399 e. The van der Waals surface area contributed by atoms with Crippen LogP contribution in [0, 0.1) is 5.92 Å². The van der Waals surface area contributed by atoms with Crippen LogP contribution in [0.5, 0.6) is 0 Å². The van der Waals surface area contributed by atoms with Gasteiger partial charge in [-0.15, -0.1) is 0 Å². The van der Waals surface area contributed by atoms with Gasteiger partial charge in [-0.1, -0.05) is 0 Å². The normalized spacial score (nSPS) is 20.8. The third kappa shape index (κ3) is 3.10. The van der Waals surface area contributed by atoms with Crippen LogP contribution in [-0.4, -0.2) is 39.5 Å². The molecule has 1 heterocycles. The Morgan fingerprint density at radius 1 is 1.53 bits per heavy atom. The first-order chi connectivity index (χ1) is 8.95. The van der Waals surface area contributed by atoms with E-state index < -0.39 is 10.0 Å². The quantitative estimate of drug-likeness (QED) is 0.840. The Bertz CT molecular complexity index is 562. The van der Waals surface area contributed by atoms with Crippen molar-refractivity contribution in [1.29, 1.82) is 0 Å². The van der Waals surface area contributed by atoms with E-state index in [0.29, 0.717) is 29.9 Å². The number of nitrogens with two attached hydrogens (primary N) is 1. The van der Waals surface area contributed by atoms with Crippen LogP contribution in [0.3, 0.4) is 0 Å². The lowest BCUT2D eigenvalue weighted by Gasteiger charge is -2.17. The number of sulfonamides is 1. The van der Waals surface area contributed by atoms with E-state index >= 15 is 0 Å². The second kappa shape index (κ2) is 5.78. The summed E-state index contributed by atoms with van der Waals surface area (Å²) in [7, 11) is -1.86. The average Bonchev–Trinajstić information content (AvgIpc) is 2.82. The van der Waals surface area contributed by atoms with E-state index in [1.807, 2.05) is 0 Å². The Kier molecular flexibility index (Phi) is 4.50. The molecule has 0 spiro atoms. The summed E-state index contributed by atoms with van der Waals surface area (Å²) in [5, 5.41) is 0. The number of ether oxygens (including phenoxy) is 1. The Morgan fingerprint density at radius 3 is 2.95 bits per heavy atom. The first kappa shape index (κ1) is 14.8. The third-order valence-corrected chi connectivity index (χ3v) is 6.08. The number of halogens is 1. The second-order valence-electron chi connectivity index (χ2n) is 4.66. The minimum absolute atomic E-state index is 0.227. The molecule has 2 N–H and O–H groups in total. The number of nitrogens with zero attached hydrogens (tertiary/aromatic N) is 1. The summed E-state index contributed by atoms with van der Waals surface area (Å²) in [4.78, 5) is 0.227. The zero-order valence-corrected chi connectivity index (χ0v) is 13.1. The Labute approximate surface area is 121 Å². The lowest BCUT2D eigenvalue weighted by molar-refractivity contribution is 0.157. The van der Waals surface area contributed by atoms with Gasteiger partial charge in [0.05, 0.1) is 11.5 Å². The first-order valence-electron chi connectivity index (χ1n) is 5.99. The van der Waals surface area contributed by atoms with Gasteiger partial charge in [-0.25, -0.2) is 8.42 Å². The molecule has 0 bridgehead atoms. The van der Waals surface area contributed by atoms with Crippen molar-refractivity contribution in [1.82, 2.24) is 4.31 Å². The smallest absolute Gasteiger partial charge is 0.244 e. The summed E-state index contributed by atoms with van der Waals surface area (Å²) in [5.74, 6) is 0.264. The highest BCUT2D eigenvalue weighted by atomic mass is 79.9. The molecule has 7 heteroatoms. The van der Waals surface area contributed by atoms with E-state index in [2.05, 4.69) is 15.9 Å². The van der Waals surface area contributed by atoms with Crippen molar-refractivity contribution in [3.05, 3.63) is 22.7 Å². The number of benzene rings is 1. The molecule has 5 nitrogen and oxygen atoms in total. The predicted octanol–water partition coefficient (Wildman–Crippen LogP) is 1.69. The summed E-state index contributed by atoms with van der Waals surface area (Å²) in [6, 6.07) is 4.81. The molecule has 1 aromatic carbocycles. The molecule has 1 saturated heterocycles. The van der Waals surface area contributed by atoms with E-state index in [1.165, 1.54) is 10.4 Å². The molecule has 0 aliphatic carbocycles. The van der Waals surface area contributed by atoms with Crippen LogP contribution in [0.25, 0.3) is 0 Å². The molecule has 0 saturated carbocycles. The summed E-state index contributed by atoms with van der Waals surface area (Å²) >= 11 is 3.27. The van der Waals surface area contributed by atoms with Crippen LogP contribution in [-0.2, 0) is 14.8 Å². The van der Waals surface area contributed by atoms with Crippen molar-refractivity contribution in [2.45, 2.75) is 11.3 Å². The van der Waals surface area contributed by atoms with Crippen molar-refractivity contribution >= 4 is 31.6 Å². The SMILES string of the molecule is COCC1CCN(S(=O)(=O)c2cc(N)ccc2Br)C1. The van der Waals surface area contributed by atoms with Crippen LogP contribution in [0.4, 0.5) is 5.69 Å². The highest BCUT2D eigenvalue weighted by molar-refractivity contribution is 9.10. The molecule has 1 aromatic rings. The minimum atomic E-state index is -3.49. The Morgan fingerprint density at radius 2 is 2.26 bits per heavy atom. The molecule has 2 rings (SSSR count). The number of hydrogen-bond acceptors (Lipinski definition) is 4. The van der Waals surface area contributed by atoms with E-state index in [9.17, 15) is 8.42 Å². The maximum atomic E-state index is 12.6. The number of methoxy groups -OCH3 is 1. The van der Waals surface area contributed by atoms with Crippen molar-refractivity contribution in [2.75, 3.05) is 32.5 Å². The van der Waals surface area contributed by atoms with Crippen molar-refractivity contribution < 1.29 is 13.2 Å². The lowest BCUT2D eigenvalue weighted by Crippen LogP contribution is -2.29. The van der Waals surface area contributed by atoms with Gasteiger partial charge < -0.3 is 10.5 Å². The van der Waals surface area contributed by atoms with Gasteiger partial charge in [0.25, 0.3) is 0 Å². The molecule has 0 radical (unpaired) electrons. The summed E-state index contributed by atoms with van der Waals surface area (Å²) < 4.78 is 32.2. The number of rotatable bonds is 4. The molecule has 1 unspecified atom stereocenters. The number of nitrogen functional groups attached to an aromatic ring is 1. The zero-order chi connectivity index (χ0) is 14.0. The van der Waals surface area contributed by atoms with Gasteiger partial charge in [-0.3, -0.25) is 0 Å². The molecule has 0 aromatic heterocycles. The van der Waals surface area contributed by atoms with Crippen molar-refractivity contribution in [3.8, 4) is 0 Å². The van der Waals surface area contributed by atoms with Gasteiger partial charge in [0, 0.05) is 30.4 Å². The predicted molar refractivity (Wildman–Crippen MR) is 77.3 cm³/mol. The highest BCUT2D eigenvalue weighted by Crippen LogP contribution is 2.30. The summed E-state index contributed by atoms with van der Waals surface area (Å²) in [6.45, 7) is 1.61. The standard InChI is InChI=1S/C12H17BrN2O3S/c1-18-8-9-4-5-15(7-9)19(16,17)12-6-10(14)2-3-11(12)13/h2-3,6,9H,4-5,7-8,14H2,1H3. The van der Waals surface area contributed by atoms with Gasteiger partial charge in [-0.2, -0.15) is 4.31 Å². The van der Waals surface area contributed by atoms with E-state index in [0.717, 1.165) is 6.42 Å². The molecular formula is C12H17BrN2O3S. The molecule has 1 aliphatic rings. The number of hydrogen-bond donors (Lipinski definition) is 1. The number of anilines is 1. The zero-order valence-electron chi connectivity index (χ0n) is 10.7. The van der Waals surface area contributed by atoms with E-state index in [1.54, 1.807) is 19.2 Å². The van der Waals surface area contributed by atoms with Crippen LogP contribution >= 0.6 is 15.9 Å². The fraction of sp³-hybridized carbons (Fsp3) is 0.500. The van der Waals surface area contributed by atoms with E-state index in [-0.39, 0.29) is 10.8 Å². The van der Waals surface area contributed by atoms with Crippen LogP contribution in [0.2, 0.25) is 0 Å². The molecule has 1 atom stereocenters. The molecule has 19 heavy (non-hydrogen) atoms. The van der Waals surface area contributed by atoms with Gasteiger partial charge in [-0.05, 0) is 46.5 Å². The fourth-order valence-electron chi connectivity index (χ4n) is 2.24. The van der Waals surface area contributed by atoms with Gasteiger partial charge in [0.2, 0.25) is 10.0 Å². The molecule has 0 amide bonds. The maximum absolute atomic E-state index is 12.6. The van der Waals surface area contributed by atoms with Crippen LogP contribution in [0.1, 0.15) is 6.42 Å². The van der Waals surface area contributed by atoms with Crippen molar-refractivity contribution in [3.63, 3.8) is 0 Å². The first-order valence-corrected chi connectivity index (χ1v) is 8.22. The Balaban J connectivity index is 2.26. The van der Waals surface area contributed by atoms with Gasteiger partial charge in [0.15, 0.2) is 0 Å². The largest absolute Gasteiger partial charge is 0.399 e. The Hall–Kier alpha value is -0.630. The molecule has 106 valence electrons. The highest BCUT2D eigenvalue weighted by Gasteiger charge is 2.33. The maximum Gasteiger partial charge on any atom is 0.244 e. The van der Waals surface area contributed by atoms with Crippen LogP contribution in [0.15, 0.2) is 27.6 Å². The topological polar surface area (TPSA) is 72.6 Å². The summed E-state index contributed by atoms with van der Waals surface area (Å²) in [6.07, 6.45) is 0.826. The lowest BCUT2D eigenvalue weighted by atomic mass is 10.1. The molecule has 1 fully saturated rings. The second-order valence-corrected chi connectivity index (χ2v) is 7.42. The monoisotopic (exact) mass is 348 g/mol. The fourth-order valence-corrected chi connectivity index (χ4v) is 4.73. The van der Waals surface area contributed by atoms with Gasteiger partial charge >= 0.3 is 0 Å². The van der Waals surface area contributed by atoms with Crippen molar-refractivity contribution in [2.24, 2.45) is 5.92 Å². The molecular weight excluding hydrogens is 332 g/mol. The van der Waals surface area contributed by atoms with E-state index in [4.69, 9.17) is 10.5 Å². The van der Waals surface area contributed by atoms with Gasteiger partial charge in [0.1, 0.15) is 0 Å². The average molecular weight is 349 g/mol. The summed E-state index contributed by atoms with van der Waals surface area (Å²) in [5.41, 5.74) is 6.11.